The van der Waals surface area contributed by atoms with Gasteiger partial charge in [-0.1, -0.05) is 30.3 Å². The van der Waals surface area contributed by atoms with Gasteiger partial charge < -0.3 is 9.64 Å². The van der Waals surface area contributed by atoms with Gasteiger partial charge in [-0.05, 0) is 25.8 Å². The molecule has 0 aromatic heterocycles. The maximum Gasteiger partial charge on any atom is 0.317 e. The molecule has 1 aliphatic rings. The Hall–Kier alpha value is -2.10. The van der Waals surface area contributed by atoms with E-state index in [-0.39, 0.29) is 11.7 Å². The van der Waals surface area contributed by atoms with Crippen LogP contribution in [0, 0.1) is 5.92 Å². The Kier molecular flexibility index (Phi) is 5.36. The van der Waals surface area contributed by atoms with Crippen molar-refractivity contribution in [2.24, 2.45) is 5.92 Å². The van der Waals surface area contributed by atoms with E-state index in [1.165, 1.54) is 7.11 Å². The predicted octanol–water partition coefficient (Wildman–Crippen LogP) is 2.76. The number of carbonyl (C=O) groups excluding carboxylic acids is 2. The highest BCUT2D eigenvalue weighted by atomic mass is 16.5. The summed E-state index contributed by atoms with van der Waals surface area (Å²) in [7, 11) is 1.33. The first kappa shape index (κ1) is 16.3. The van der Waals surface area contributed by atoms with E-state index in [1.807, 2.05) is 30.3 Å². The van der Waals surface area contributed by atoms with Crippen molar-refractivity contribution in [3.8, 4) is 0 Å². The van der Waals surface area contributed by atoms with E-state index in [9.17, 15) is 9.59 Å². The van der Waals surface area contributed by atoms with Gasteiger partial charge in [0.2, 0.25) is 0 Å². The standard InChI is InChI=1S/C18H23NO3/c1-4-19(5-2)14-11-15(13-9-7-6-8-10-13)17(16(20)12-14)18(21)22-3/h6-10,12,15,17H,4-5,11H2,1-3H3. The fourth-order valence-electron chi connectivity index (χ4n) is 3.12. The highest BCUT2D eigenvalue weighted by Gasteiger charge is 2.39. The summed E-state index contributed by atoms with van der Waals surface area (Å²) < 4.78 is 4.86. The molecule has 0 saturated carbocycles. The van der Waals surface area contributed by atoms with Gasteiger partial charge in [-0.3, -0.25) is 9.59 Å². The van der Waals surface area contributed by atoms with Gasteiger partial charge in [0.05, 0.1) is 7.11 Å². The first-order valence-electron chi connectivity index (χ1n) is 7.74. The molecule has 22 heavy (non-hydrogen) atoms. The van der Waals surface area contributed by atoms with E-state index in [0.29, 0.717) is 6.42 Å². The number of benzene rings is 1. The van der Waals surface area contributed by atoms with Gasteiger partial charge in [0.1, 0.15) is 5.92 Å². The molecule has 1 aromatic rings. The van der Waals surface area contributed by atoms with Crippen molar-refractivity contribution < 1.29 is 14.3 Å². The third-order valence-corrected chi connectivity index (χ3v) is 4.30. The lowest BCUT2D eigenvalue weighted by atomic mass is 9.76. The fraction of sp³-hybridized carbons (Fsp3) is 0.444. The summed E-state index contributed by atoms with van der Waals surface area (Å²) in [6, 6.07) is 9.74. The first-order chi connectivity index (χ1) is 10.6. The fourth-order valence-corrected chi connectivity index (χ4v) is 3.12. The molecule has 0 radical (unpaired) electrons. The largest absolute Gasteiger partial charge is 0.468 e. The van der Waals surface area contributed by atoms with Crippen LogP contribution in [0.3, 0.4) is 0 Å². The molecule has 2 rings (SSSR count). The van der Waals surface area contributed by atoms with Gasteiger partial charge >= 0.3 is 5.97 Å². The van der Waals surface area contributed by atoms with E-state index >= 15 is 0 Å². The van der Waals surface area contributed by atoms with Crippen LogP contribution in [0.15, 0.2) is 42.1 Å². The molecule has 0 spiro atoms. The molecule has 1 aromatic carbocycles. The predicted molar refractivity (Wildman–Crippen MR) is 85.3 cm³/mol. The van der Waals surface area contributed by atoms with Gasteiger partial charge in [0.15, 0.2) is 5.78 Å². The molecule has 0 saturated heterocycles. The third-order valence-electron chi connectivity index (χ3n) is 4.30. The van der Waals surface area contributed by atoms with Crippen LogP contribution in [0.2, 0.25) is 0 Å². The number of esters is 1. The monoisotopic (exact) mass is 301 g/mol. The molecule has 1 aliphatic carbocycles. The Morgan fingerprint density at radius 3 is 2.41 bits per heavy atom. The van der Waals surface area contributed by atoms with Crippen molar-refractivity contribution in [3.63, 3.8) is 0 Å². The molecule has 2 unspecified atom stereocenters. The lowest BCUT2D eigenvalue weighted by Crippen LogP contribution is -2.37. The number of hydrogen-bond donors (Lipinski definition) is 0. The van der Waals surface area contributed by atoms with Gasteiger partial charge in [0.25, 0.3) is 0 Å². The Balaban J connectivity index is 2.41. The third kappa shape index (κ3) is 3.21. The Morgan fingerprint density at radius 1 is 1.23 bits per heavy atom. The van der Waals surface area contributed by atoms with Crippen molar-refractivity contribution in [2.45, 2.75) is 26.2 Å². The molecule has 0 bridgehead atoms. The number of hydrogen-bond acceptors (Lipinski definition) is 4. The zero-order valence-corrected chi connectivity index (χ0v) is 13.4. The number of ether oxygens (including phenoxy) is 1. The topological polar surface area (TPSA) is 46.6 Å². The maximum atomic E-state index is 12.5. The molecule has 4 nitrogen and oxygen atoms in total. The summed E-state index contributed by atoms with van der Waals surface area (Å²) in [6.45, 7) is 5.83. The number of nitrogens with zero attached hydrogens (tertiary/aromatic N) is 1. The van der Waals surface area contributed by atoms with Crippen LogP contribution in [0.1, 0.15) is 31.7 Å². The van der Waals surface area contributed by atoms with Crippen molar-refractivity contribution in [3.05, 3.63) is 47.7 Å². The van der Waals surface area contributed by atoms with E-state index in [1.54, 1.807) is 6.08 Å². The summed E-state index contributed by atoms with van der Waals surface area (Å²) in [6.07, 6.45) is 2.30. The van der Waals surface area contributed by atoms with Gasteiger partial charge in [-0.25, -0.2) is 0 Å². The van der Waals surface area contributed by atoms with Gasteiger partial charge in [0, 0.05) is 30.8 Å². The maximum absolute atomic E-state index is 12.5. The first-order valence-corrected chi connectivity index (χ1v) is 7.74. The van der Waals surface area contributed by atoms with Crippen molar-refractivity contribution in [1.82, 2.24) is 4.90 Å². The second-order valence-electron chi connectivity index (χ2n) is 5.43. The zero-order valence-electron chi connectivity index (χ0n) is 13.4. The summed E-state index contributed by atoms with van der Waals surface area (Å²) in [5, 5.41) is 0. The molecule has 4 heteroatoms. The molecular formula is C18H23NO3. The zero-order chi connectivity index (χ0) is 16.1. The lowest BCUT2D eigenvalue weighted by molar-refractivity contribution is -0.149. The average Bonchev–Trinajstić information content (AvgIpc) is 2.55. The van der Waals surface area contributed by atoms with Crippen LogP contribution in [-0.2, 0) is 14.3 Å². The smallest absolute Gasteiger partial charge is 0.317 e. The number of methoxy groups -OCH3 is 1. The molecule has 2 atom stereocenters. The van der Waals surface area contributed by atoms with Crippen LogP contribution in [0.4, 0.5) is 0 Å². The minimum absolute atomic E-state index is 0.158. The van der Waals surface area contributed by atoms with Crippen LogP contribution in [-0.4, -0.2) is 36.9 Å². The lowest BCUT2D eigenvalue weighted by Gasteiger charge is -2.34. The summed E-state index contributed by atoms with van der Waals surface area (Å²) in [5.74, 6) is -1.52. The second-order valence-corrected chi connectivity index (χ2v) is 5.43. The minimum Gasteiger partial charge on any atom is -0.468 e. The van der Waals surface area contributed by atoms with E-state index < -0.39 is 11.9 Å². The van der Waals surface area contributed by atoms with Crippen molar-refractivity contribution in [2.75, 3.05) is 20.2 Å². The van der Waals surface area contributed by atoms with Crippen LogP contribution in [0.25, 0.3) is 0 Å². The summed E-state index contributed by atoms with van der Waals surface area (Å²) >= 11 is 0. The molecule has 0 heterocycles. The van der Waals surface area contributed by atoms with Gasteiger partial charge in [-0.2, -0.15) is 0 Å². The number of carbonyl (C=O) groups is 2. The van der Waals surface area contributed by atoms with Crippen molar-refractivity contribution >= 4 is 11.8 Å². The Bertz CT molecular complexity index is 561. The summed E-state index contributed by atoms with van der Waals surface area (Å²) in [5.41, 5.74) is 2.01. The second kappa shape index (κ2) is 7.25. The molecule has 118 valence electrons. The average molecular weight is 301 g/mol. The Morgan fingerprint density at radius 2 is 1.86 bits per heavy atom. The van der Waals surface area contributed by atoms with Crippen molar-refractivity contribution in [1.29, 1.82) is 0 Å². The van der Waals surface area contributed by atoms with Crippen LogP contribution < -0.4 is 0 Å². The molecule has 0 fully saturated rings. The van der Waals surface area contributed by atoms with Gasteiger partial charge in [-0.15, -0.1) is 0 Å². The summed E-state index contributed by atoms with van der Waals surface area (Å²) in [4.78, 5) is 26.8. The van der Waals surface area contributed by atoms with Crippen LogP contribution >= 0.6 is 0 Å². The highest BCUT2D eigenvalue weighted by molar-refractivity contribution is 6.07. The molecule has 0 amide bonds. The number of rotatable bonds is 5. The quantitative estimate of drug-likeness (QED) is 0.620. The van der Waals surface area contributed by atoms with E-state index in [2.05, 4.69) is 18.7 Å². The van der Waals surface area contributed by atoms with E-state index in [4.69, 9.17) is 4.74 Å². The number of allylic oxidation sites excluding steroid dienone is 2. The Labute approximate surface area is 131 Å². The molecule has 0 N–H and O–H groups in total. The molecule has 0 aliphatic heterocycles. The SMILES string of the molecule is CCN(CC)C1=CC(=O)C(C(=O)OC)C(c2ccccc2)C1. The minimum atomic E-state index is -0.744. The normalized spacial score (nSPS) is 21.2. The number of ketones is 1. The van der Waals surface area contributed by atoms with Crippen LogP contribution in [0.5, 0.6) is 0 Å². The van der Waals surface area contributed by atoms with E-state index in [0.717, 1.165) is 24.4 Å². The highest BCUT2D eigenvalue weighted by Crippen LogP contribution is 2.37. The molecular weight excluding hydrogens is 278 g/mol.